The lowest BCUT2D eigenvalue weighted by molar-refractivity contribution is -0.136. The van der Waals surface area contributed by atoms with Crippen LogP contribution in [0.15, 0.2) is 9.98 Å². The standard InChI is InChI=1S/C38H65N15O9S2/c39-28(54)12-10-25(34(60)52-26(18-20-6-2-1-3-7-20)35(61)53-27-19-64-63-17-14-21(30(40)56)48-36(27)62)51-32(58)23(9-5-16-46-38(43)44)49-31(57)22(8-4-15-45-37(41)42)50-33(59)24-11-13-29(55)47-24/h20-27H,1-19H2,(H2,39,54)(H2,40,56)(H,47,55)(H,48,62)(H,49,57)(H,50,59)(H,51,58)(H,52,60)(H,53,61)(H4,41,42,45)(H4,43,44,46)/t21-,22+,23+,24-,25-,26-,27-/m0/s1. The molecule has 26 heteroatoms. The van der Waals surface area contributed by atoms with Crippen LogP contribution in [0.2, 0.25) is 0 Å². The minimum absolute atomic E-state index is 0.0250. The fraction of sp³-hybridized carbons (Fsp3) is 0.711. The average Bonchev–Trinajstić information content (AvgIpc) is 3.71. The number of nitrogens with two attached hydrogens (primary N) is 6. The molecule has 0 aromatic carbocycles. The molecular weight excluding hydrogens is 875 g/mol. The van der Waals surface area contributed by atoms with Crippen molar-refractivity contribution >= 4 is 86.7 Å². The van der Waals surface area contributed by atoms with Crippen LogP contribution in [0.1, 0.15) is 96.3 Å². The van der Waals surface area contributed by atoms with E-state index in [1.54, 1.807) is 0 Å². The second-order valence-corrected chi connectivity index (χ2v) is 18.6. The summed E-state index contributed by atoms with van der Waals surface area (Å²) in [6, 6.07) is -8.10. The summed E-state index contributed by atoms with van der Waals surface area (Å²) in [5.41, 5.74) is 32.8. The molecule has 2 heterocycles. The zero-order chi connectivity index (χ0) is 47.2. The molecule has 3 aliphatic rings. The highest BCUT2D eigenvalue weighted by atomic mass is 33.1. The molecule has 0 unspecified atom stereocenters. The van der Waals surface area contributed by atoms with E-state index in [9.17, 15) is 43.2 Å². The van der Waals surface area contributed by atoms with Crippen LogP contribution in [0.25, 0.3) is 0 Å². The minimum atomic E-state index is -1.45. The second-order valence-electron chi connectivity index (χ2n) is 16.0. The van der Waals surface area contributed by atoms with Gasteiger partial charge in [-0.1, -0.05) is 53.7 Å². The summed E-state index contributed by atoms with van der Waals surface area (Å²) in [5.74, 6) is -5.84. The van der Waals surface area contributed by atoms with Gasteiger partial charge in [0.1, 0.15) is 42.3 Å². The predicted molar refractivity (Wildman–Crippen MR) is 241 cm³/mol. The van der Waals surface area contributed by atoms with Crippen LogP contribution < -0.4 is 71.6 Å². The van der Waals surface area contributed by atoms with Crippen LogP contribution in [-0.4, -0.2) is 132 Å². The number of aliphatic imine (C=N–C) groups is 2. The predicted octanol–water partition coefficient (Wildman–Crippen LogP) is -4.21. The van der Waals surface area contributed by atoms with Gasteiger partial charge in [-0.2, -0.15) is 0 Å². The maximum atomic E-state index is 14.2. The summed E-state index contributed by atoms with van der Waals surface area (Å²) in [6.45, 7) is 0.174. The number of carbonyl (C=O) groups excluding carboxylic acids is 9. The minimum Gasteiger partial charge on any atom is -0.370 e. The number of primary amides is 2. The third-order valence-corrected chi connectivity index (χ3v) is 13.3. The molecule has 7 atom stereocenters. The molecule has 9 amide bonds. The van der Waals surface area contributed by atoms with E-state index in [4.69, 9.17) is 34.4 Å². The van der Waals surface area contributed by atoms with E-state index in [0.29, 0.717) is 12.2 Å². The van der Waals surface area contributed by atoms with Crippen LogP contribution >= 0.6 is 21.6 Å². The molecule has 1 saturated carbocycles. The largest absolute Gasteiger partial charge is 0.370 e. The Morgan fingerprint density at radius 3 is 1.73 bits per heavy atom. The molecule has 0 aromatic rings. The summed E-state index contributed by atoms with van der Waals surface area (Å²) in [4.78, 5) is 126. The van der Waals surface area contributed by atoms with Gasteiger partial charge in [0.05, 0.1) is 0 Å². The Bertz CT molecular complexity index is 1720. The number of hydrogen-bond donors (Lipinski definition) is 13. The number of nitrogens with one attached hydrogen (secondary N) is 7. The summed E-state index contributed by atoms with van der Waals surface area (Å²) >= 11 is 0. The van der Waals surface area contributed by atoms with Crippen LogP contribution in [0.5, 0.6) is 0 Å². The third-order valence-electron chi connectivity index (χ3n) is 10.8. The fourth-order valence-electron chi connectivity index (χ4n) is 7.34. The Morgan fingerprint density at radius 2 is 1.20 bits per heavy atom. The zero-order valence-corrected chi connectivity index (χ0v) is 37.5. The van der Waals surface area contributed by atoms with Crippen LogP contribution in [0.3, 0.4) is 0 Å². The number of amides is 9. The van der Waals surface area contributed by atoms with Gasteiger partial charge >= 0.3 is 0 Å². The molecule has 64 heavy (non-hydrogen) atoms. The molecule has 2 saturated heterocycles. The maximum absolute atomic E-state index is 14.2. The highest BCUT2D eigenvalue weighted by Gasteiger charge is 2.36. The smallest absolute Gasteiger partial charge is 0.244 e. The molecule has 0 bridgehead atoms. The number of rotatable bonds is 24. The summed E-state index contributed by atoms with van der Waals surface area (Å²) in [6.07, 6.45) is 5.04. The Balaban J connectivity index is 1.87. The number of nitrogens with zero attached hydrogens (tertiary/aromatic N) is 2. The van der Waals surface area contributed by atoms with E-state index >= 15 is 0 Å². The quantitative estimate of drug-likeness (QED) is 0.0189. The number of hydrogen-bond acceptors (Lipinski definition) is 13. The van der Waals surface area contributed by atoms with Crippen LogP contribution in [0, 0.1) is 5.92 Å². The van der Waals surface area contributed by atoms with E-state index in [0.717, 1.165) is 32.1 Å². The lowest BCUT2D eigenvalue weighted by Gasteiger charge is -2.30. The zero-order valence-electron chi connectivity index (χ0n) is 35.9. The molecule has 2 aliphatic heterocycles. The lowest BCUT2D eigenvalue weighted by Crippen LogP contribution is -2.60. The van der Waals surface area contributed by atoms with Crippen LogP contribution in [0.4, 0.5) is 0 Å². The Kier molecular flexibility index (Phi) is 22.8. The molecule has 1 aliphatic carbocycles. The van der Waals surface area contributed by atoms with Gasteiger partial charge in [-0.25, -0.2) is 0 Å². The monoisotopic (exact) mass is 939 g/mol. The number of carbonyl (C=O) groups is 9. The van der Waals surface area contributed by atoms with Gasteiger partial charge in [-0.15, -0.1) is 0 Å². The average molecular weight is 940 g/mol. The Labute approximate surface area is 379 Å². The van der Waals surface area contributed by atoms with E-state index in [1.807, 2.05) is 0 Å². The molecule has 24 nitrogen and oxygen atoms in total. The van der Waals surface area contributed by atoms with E-state index in [1.165, 1.54) is 21.6 Å². The molecule has 0 radical (unpaired) electrons. The van der Waals surface area contributed by atoms with Crippen molar-refractivity contribution in [2.45, 2.75) is 139 Å². The summed E-state index contributed by atoms with van der Waals surface area (Å²) in [7, 11) is 2.75. The maximum Gasteiger partial charge on any atom is 0.244 e. The van der Waals surface area contributed by atoms with Crippen molar-refractivity contribution in [3.63, 3.8) is 0 Å². The summed E-state index contributed by atoms with van der Waals surface area (Å²) in [5, 5.41) is 18.5. The molecule has 19 N–H and O–H groups in total. The van der Waals surface area contributed by atoms with Crippen molar-refractivity contribution in [2.75, 3.05) is 24.6 Å². The van der Waals surface area contributed by atoms with Gasteiger partial charge in [-0.3, -0.25) is 53.1 Å². The Hall–Kier alpha value is -5.53. The highest BCUT2D eigenvalue weighted by Crippen LogP contribution is 2.28. The highest BCUT2D eigenvalue weighted by molar-refractivity contribution is 8.76. The van der Waals surface area contributed by atoms with Gasteiger partial charge in [0.15, 0.2) is 11.9 Å². The van der Waals surface area contributed by atoms with Crippen molar-refractivity contribution in [3.8, 4) is 0 Å². The second kappa shape index (κ2) is 27.6. The van der Waals surface area contributed by atoms with Crippen molar-refractivity contribution < 1.29 is 43.2 Å². The first-order valence-electron chi connectivity index (χ1n) is 21.5. The van der Waals surface area contributed by atoms with Crippen molar-refractivity contribution in [1.29, 1.82) is 0 Å². The van der Waals surface area contributed by atoms with Gasteiger partial charge in [0.2, 0.25) is 53.2 Å². The molecular formula is C38H65N15O9S2. The summed E-state index contributed by atoms with van der Waals surface area (Å²) < 4.78 is 0. The molecule has 3 fully saturated rings. The van der Waals surface area contributed by atoms with E-state index in [-0.39, 0.29) is 100 Å². The van der Waals surface area contributed by atoms with Gasteiger partial charge < -0.3 is 71.6 Å². The molecule has 358 valence electrons. The Morgan fingerprint density at radius 1 is 0.641 bits per heavy atom. The van der Waals surface area contributed by atoms with Gasteiger partial charge in [-0.05, 0) is 57.3 Å². The number of guanidine groups is 2. The topological polar surface area (TPSA) is 419 Å². The first kappa shape index (κ1) is 52.8. The molecule has 3 rings (SSSR count). The lowest BCUT2D eigenvalue weighted by atomic mass is 9.84. The van der Waals surface area contributed by atoms with Crippen molar-refractivity contribution in [3.05, 3.63) is 0 Å². The SMILES string of the molecule is NC(=O)CC[C@H](NC(=O)[C@@H](CCCN=C(N)N)NC(=O)[C@@H](CCCN=C(N)N)NC(=O)[C@@H]1CCC(=O)N1)C(=O)N[C@@H](CC1CCCCC1)C(=O)N[C@H]1CSSCC[C@@H](C(N)=O)NC1=O. The molecule has 0 spiro atoms. The van der Waals surface area contributed by atoms with Gasteiger partial charge in [0, 0.05) is 37.4 Å². The first-order chi connectivity index (χ1) is 30.4. The fourth-order valence-corrected chi connectivity index (χ4v) is 9.60. The van der Waals surface area contributed by atoms with Crippen LogP contribution in [-0.2, 0) is 43.2 Å². The van der Waals surface area contributed by atoms with Crippen molar-refractivity contribution in [1.82, 2.24) is 37.2 Å². The normalized spacial score (nSPS) is 21.0. The molecule has 0 aromatic heterocycles. The van der Waals surface area contributed by atoms with E-state index in [2.05, 4.69) is 47.2 Å². The van der Waals surface area contributed by atoms with Crippen molar-refractivity contribution in [2.24, 2.45) is 50.3 Å². The van der Waals surface area contributed by atoms with Gasteiger partial charge in [0.25, 0.3) is 0 Å². The first-order valence-corrected chi connectivity index (χ1v) is 24.0. The van der Waals surface area contributed by atoms with E-state index < -0.39 is 89.6 Å². The third kappa shape index (κ3) is 19.5.